The number of aromatic nitrogens is 2. The van der Waals surface area contributed by atoms with Gasteiger partial charge in [0.25, 0.3) is 0 Å². The van der Waals surface area contributed by atoms with Crippen LogP contribution >= 0.6 is 0 Å². The van der Waals surface area contributed by atoms with Crippen LogP contribution in [0, 0.1) is 51.4 Å². The average molecular weight is 556 g/mol. The third-order valence-corrected chi connectivity index (χ3v) is 12.5. The molecule has 218 valence electrons. The third kappa shape index (κ3) is 3.53. The molecule has 5 aliphatic carbocycles. The Morgan fingerprint density at radius 1 is 0.951 bits per heavy atom. The maximum atomic E-state index is 14.6. The summed E-state index contributed by atoms with van der Waals surface area (Å²) in [6.07, 6.45) is 10.1. The van der Waals surface area contributed by atoms with E-state index in [1.807, 2.05) is 26.0 Å². The van der Waals surface area contributed by atoms with Crippen LogP contribution in [0.5, 0.6) is 0 Å². The molecule has 0 unspecified atom stereocenters. The first-order chi connectivity index (χ1) is 19.0. The van der Waals surface area contributed by atoms with Crippen LogP contribution in [0.25, 0.3) is 4.85 Å². The van der Waals surface area contributed by atoms with E-state index >= 15 is 0 Å². The molecule has 3 fully saturated rings. The van der Waals surface area contributed by atoms with E-state index in [1.165, 1.54) is 5.92 Å². The van der Waals surface area contributed by atoms with Crippen LogP contribution in [-0.4, -0.2) is 21.8 Å². The van der Waals surface area contributed by atoms with Crippen molar-refractivity contribution in [1.29, 1.82) is 0 Å². The van der Waals surface area contributed by atoms with Gasteiger partial charge in [0, 0.05) is 22.7 Å². The molecule has 0 bridgehead atoms. The molecule has 6 heteroatoms. The number of hydrogen-bond acceptors (Lipinski definition) is 5. The lowest BCUT2D eigenvalue weighted by Crippen LogP contribution is -2.64. The first kappa shape index (κ1) is 28.6. The Kier molecular flexibility index (Phi) is 5.93. The topological polar surface area (TPSA) is 77.4 Å². The van der Waals surface area contributed by atoms with Crippen LogP contribution in [0.1, 0.15) is 125 Å². The maximum Gasteiger partial charge on any atom is 0.226 e. The molecule has 1 heterocycles. The molecule has 6 rings (SSSR count). The van der Waals surface area contributed by atoms with Crippen molar-refractivity contribution in [3.05, 3.63) is 58.5 Å². The number of allylic oxidation sites excluding steroid dienone is 4. The van der Waals surface area contributed by atoms with Crippen LogP contribution in [0.15, 0.2) is 27.8 Å². The Morgan fingerprint density at radius 2 is 1.63 bits per heavy atom. The van der Waals surface area contributed by atoms with E-state index in [-0.39, 0.29) is 45.3 Å². The molecule has 2 radical (unpaired) electrons. The molecule has 0 aromatic carbocycles. The number of nitrogens with zero attached hydrogens (tertiary/aromatic N) is 3. The molecule has 1 aromatic heterocycles. The molecule has 0 spiro atoms. The lowest BCUT2D eigenvalue weighted by Gasteiger charge is -2.68. The molecule has 41 heavy (non-hydrogen) atoms. The molecule has 5 aliphatic rings. The van der Waals surface area contributed by atoms with E-state index in [0.29, 0.717) is 11.8 Å². The Labute approximate surface area is 245 Å². The van der Waals surface area contributed by atoms with Crippen molar-refractivity contribution in [2.45, 2.75) is 119 Å². The second-order valence-electron chi connectivity index (χ2n) is 16.0. The summed E-state index contributed by atoms with van der Waals surface area (Å²) in [4.78, 5) is 31.6. The predicted octanol–water partition coefficient (Wildman–Crippen LogP) is 7.93. The first-order valence-electron chi connectivity index (χ1n) is 15.5. The fraction of sp³-hybridized carbons (Fsp3) is 0.686. The summed E-state index contributed by atoms with van der Waals surface area (Å²) >= 11 is 0. The van der Waals surface area contributed by atoms with Crippen LogP contribution in [0.3, 0.4) is 0 Å². The smallest absolute Gasteiger partial charge is 0.226 e. The first-order valence-corrected chi connectivity index (χ1v) is 15.5. The zero-order valence-corrected chi connectivity index (χ0v) is 26.3. The second kappa shape index (κ2) is 8.51. The highest BCUT2D eigenvalue weighted by Gasteiger charge is 2.71. The lowest BCUT2D eigenvalue weighted by molar-refractivity contribution is -0.133. The standard InChI is InChI=1S/C35H45N3O3/c1-20(2)28-37-38-29(41-28)35-15-13-30(3,4)18-21(35)26-23(39)17-25-32(7)19-22(36-10)27(40)31(5,6)24(32)11-12-33(25,8)34(26,9)14-16-35/h17,19-20,24H,11-16,18H2,1-9H3/t24-,32-,33+,34+,35-/m0/s1. The Morgan fingerprint density at radius 3 is 2.27 bits per heavy atom. The van der Waals surface area contributed by atoms with Gasteiger partial charge in [-0.3, -0.25) is 4.79 Å². The molecule has 1 aromatic rings. The van der Waals surface area contributed by atoms with Gasteiger partial charge in [-0.1, -0.05) is 74.0 Å². The van der Waals surface area contributed by atoms with E-state index < -0.39 is 16.2 Å². The molecule has 0 amide bonds. The van der Waals surface area contributed by atoms with Crippen molar-refractivity contribution in [3.63, 3.8) is 0 Å². The molecular weight excluding hydrogens is 510 g/mol. The van der Waals surface area contributed by atoms with Crippen LogP contribution in [0.2, 0.25) is 0 Å². The molecule has 0 aliphatic heterocycles. The van der Waals surface area contributed by atoms with Crippen LogP contribution in [0.4, 0.5) is 0 Å². The zero-order chi connectivity index (χ0) is 30.0. The van der Waals surface area contributed by atoms with Gasteiger partial charge in [-0.25, -0.2) is 4.85 Å². The quantitative estimate of drug-likeness (QED) is 0.346. The SMILES string of the molecule is [C-]#[N+]C1=C[C@]2(C)C3=CC(=O)[C]4[C]5CC(C)(C)CC[C@]5(c5nnc(C(C)C)o5)CC[C@@]4(C)[C@]3(C)CC[C@H]2C(C)(C)C1=O. The van der Waals surface area contributed by atoms with Crippen LogP contribution < -0.4 is 0 Å². The number of ketones is 2. The van der Waals surface area contributed by atoms with Crippen molar-refractivity contribution in [2.75, 3.05) is 0 Å². The van der Waals surface area contributed by atoms with Gasteiger partial charge in [0.1, 0.15) is 0 Å². The van der Waals surface area contributed by atoms with Gasteiger partial charge < -0.3 is 9.21 Å². The largest absolute Gasteiger partial charge is 0.424 e. The zero-order valence-electron chi connectivity index (χ0n) is 26.3. The number of fused-ring (bicyclic) bond motifs is 7. The maximum absolute atomic E-state index is 14.6. The summed E-state index contributed by atoms with van der Waals surface area (Å²) < 4.78 is 6.39. The summed E-state index contributed by atoms with van der Waals surface area (Å²) in [6, 6.07) is 0. The molecule has 5 atom stereocenters. The van der Waals surface area contributed by atoms with Gasteiger partial charge in [-0.15, -0.1) is 10.2 Å². The van der Waals surface area contributed by atoms with Crippen molar-refractivity contribution >= 4 is 11.6 Å². The van der Waals surface area contributed by atoms with E-state index in [9.17, 15) is 9.59 Å². The third-order valence-electron chi connectivity index (χ3n) is 12.5. The Hall–Kier alpha value is -2.55. The fourth-order valence-corrected chi connectivity index (χ4v) is 9.89. The van der Waals surface area contributed by atoms with Gasteiger partial charge >= 0.3 is 0 Å². The van der Waals surface area contributed by atoms with Crippen molar-refractivity contribution in [3.8, 4) is 0 Å². The fourth-order valence-electron chi connectivity index (χ4n) is 9.89. The van der Waals surface area contributed by atoms with Crippen molar-refractivity contribution in [1.82, 2.24) is 10.2 Å². The number of carbonyl (C=O) groups excluding carboxylic acids is 2. The van der Waals surface area contributed by atoms with Gasteiger partial charge in [0.2, 0.25) is 17.5 Å². The number of rotatable bonds is 2. The van der Waals surface area contributed by atoms with E-state index in [0.717, 1.165) is 56.4 Å². The van der Waals surface area contributed by atoms with Gasteiger partial charge in [-0.2, -0.15) is 0 Å². The minimum Gasteiger partial charge on any atom is -0.424 e. The monoisotopic (exact) mass is 555 g/mol. The van der Waals surface area contributed by atoms with Gasteiger partial charge in [0.05, 0.1) is 17.9 Å². The summed E-state index contributed by atoms with van der Waals surface area (Å²) in [7, 11) is 0. The summed E-state index contributed by atoms with van der Waals surface area (Å²) in [5.74, 6) is 3.74. The normalized spacial score (nSPS) is 40.1. The molecule has 0 saturated heterocycles. The lowest BCUT2D eigenvalue weighted by atomic mass is 9.34. The molecule has 0 N–H and O–H groups in total. The highest BCUT2D eigenvalue weighted by molar-refractivity contribution is 6.08. The minimum atomic E-state index is -0.657. The average Bonchev–Trinajstić information content (AvgIpc) is 3.39. The second-order valence-corrected chi connectivity index (χ2v) is 16.0. The highest BCUT2D eigenvalue weighted by Crippen LogP contribution is 2.75. The van der Waals surface area contributed by atoms with E-state index in [4.69, 9.17) is 11.0 Å². The summed E-state index contributed by atoms with van der Waals surface area (Å²) in [5.41, 5.74) is -0.835. The summed E-state index contributed by atoms with van der Waals surface area (Å²) in [6.45, 7) is 27.4. The van der Waals surface area contributed by atoms with E-state index in [1.54, 1.807) is 0 Å². The molecular formula is C35H45N3O3. The summed E-state index contributed by atoms with van der Waals surface area (Å²) in [5, 5.41) is 9.06. The number of hydrogen-bond donors (Lipinski definition) is 0. The van der Waals surface area contributed by atoms with Crippen LogP contribution in [-0.2, 0) is 15.0 Å². The van der Waals surface area contributed by atoms with Crippen molar-refractivity contribution in [2.24, 2.45) is 33.0 Å². The molecule has 6 nitrogen and oxygen atoms in total. The number of Topliss-reactive ketones (excluding diaryl/α,β-unsaturated/α-hetero) is 1. The minimum absolute atomic E-state index is 0.0436. The van der Waals surface area contributed by atoms with E-state index in [2.05, 4.69) is 63.5 Å². The number of carbonyl (C=O) groups is 2. The van der Waals surface area contributed by atoms with Gasteiger partial charge in [0.15, 0.2) is 11.6 Å². The Bertz CT molecular complexity index is 1440. The molecule has 3 saturated carbocycles. The Balaban J connectivity index is 1.52. The highest BCUT2D eigenvalue weighted by atomic mass is 16.4. The van der Waals surface area contributed by atoms with Crippen molar-refractivity contribution < 1.29 is 14.0 Å². The van der Waals surface area contributed by atoms with Gasteiger partial charge in [-0.05, 0) is 73.2 Å². The predicted molar refractivity (Wildman–Crippen MR) is 157 cm³/mol.